The fourth-order valence-electron chi connectivity index (χ4n) is 3.09. The van der Waals surface area contributed by atoms with E-state index in [-0.39, 0.29) is 23.2 Å². The van der Waals surface area contributed by atoms with Gasteiger partial charge in [0.2, 0.25) is 5.91 Å². The molecule has 1 aliphatic heterocycles. The summed E-state index contributed by atoms with van der Waals surface area (Å²) < 4.78 is 26.6. The number of amides is 1. The van der Waals surface area contributed by atoms with Crippen LogP contribution in [0.15, 0.2) is 42.5 Å². The van der Waals surface area contributed by atoms with Crippen LogP contribution < -0.4 is 10.2 Å². The molecule has 1 aliphatic rings. The molecular formula is C18H17F2N3O3. The lowest BCUT2D eigenvalue weighted by molar-refractivity contribution is -0.384. The summed E-state index contributed by atoms with van der Waals surface area (Å²) >= 11 is 0. The van der Waals surface area contributed by atoms with Crippen LogP contribution in [0.3, 0.4) is 0 Å². The maximum atomic E-state index is 13.7. The van der Waals surface area contributed by atoms with Gasteiger partial charge in [0, 0.05) is 31.1 Å². The molecule has 26 heavy (non-hydrogen) atoms. The van der Waals surface area contributed by atoms with Crippen LogP contribution in [0.25, 0.3) is 0 Å². The first kappa shape index (κ1) is 17.8. The second kappa shape index (κ2) is 7.47. The van der Waals surface area contributed by atoms with Crippen LogP contribution in [0, 0.1) is 27.7 Å². The molecule has 136 valence electrons. The van der Waals surface area contributed by atoms with E-state index < -0.39 is 16.6 Å². The number of hydrogen-bond acceptors (Lipinski definition) is 4. The second-order valence-corrected chi connectivity index (χ2v) is 6.12. The number of rotatable bonds is 4. The molecule has 2 aromatic carbocycles. The summed E-state index contributed by atoms with van der Waals surface area (Å²) in [7, 11) is 0. The van der Waals surface area contributed by atoms with E-state index in [1.54, 1.807) is 18.2 Å². The zero-order valence-corrected chi connectivity index (χ0v) is 13.8. The molecule has 0 saturated carbocycles. The van der Waals surface area contributed by atoms with Gasteiger partial charge >= 0.3 is 0 Å². The molecule has 0 aromatic heterocycles. The third kappa shape index (κ3) is 3.79. The molecule has 6 nitrogen and oxygen atoms in total. The van der Waals surface area contributed by atoms with Gasteiger partial charge in [0.05, 0.1) is 10.6 Å². The molecule has 3 rings (SSSR count). The largest absolute Gasteiger partial charge is 0.366 e. The number of carbonyl (C=O) groups excluding carboxylic acids is 1. The topological polar surface area (TPSA) is 75.5 Å². The summed E-state index contributed by atoms with van der Waals surface area (Å²) in [4.78, 5) is 24.9. The molecule has 1 heterocycles. The van der Waals surface area contributed by atoms with Gasteiger partial charge in [-0.3, -0.25) is 14.9 Å². The highest BCUT2D eigenvalue weighted by Gasteiger charge is 2.28. The van der Waals surface area contributed by atoms with E-state index in [0.29, 0.717) is 37.7 Å². The van der Waals surface area contributed by atoms with E-state index in [1.165, 1.54) is 12.1 Å². The maximum absolute atomic E-state index is 13.7. The third-order valence-electron chi connectivity index (χ3n) is 4.47. The molecule has 1 amide bonds. The monoisotopic (exact) mass is 361 g/mol. The minimum Gasteiger partial charge on any atom is -0.366 e. The molecule has 0 unspecified atom stereocenters. The van der Waals surface area contributed by atoms with Gasteiger partial charge < -0.3 is 10.2 Å². The van der Waals surface area contributed by atoms with Gasteiger partial charge in [-0.25, -0.2) is 8.78 Å². The van der Waals surface area contributed by atoms with Crippen LogP contribution in [-0.2, 0) is 4.79 Å². The zero-order chi connectivity index (χ0) is 18.7. The van der Waals surface area contributed by atoms with Gasteiger partial charge in [-0.2, -0.15) is 0 Å². The molecule has 8 heteroatoms. The van der Waals surface area contributed by atoms with Gasteiger partial charge in [-0.15, -0.1) is 0 Å². The fraction of sp³-hybridized carbons (Fsp3) is 0.278. The van der Waals surface area contributed by atoms with Gasteiger partial charge in [-0.1, -0.05) is 12.1 Å². The number of piperidine rings is 1. The number of halogens is 2. The molecule has 1 fully saturated rings. The average Bonchev–Trinajstić information content (AvgIpc) is 2.64. The van der Waals surface area contributed by atoms with Crippen molar-refractivity contribution in [2.24, 2.45) is 5.92 Å². The Labute approximate surface area is 148 Å². The lowest BCUT2D eigenvalue weighted by Crippen LogP contribution is -2.38. The Morgan fingerprint density at radius 3 is 2.50 bits per heavy atom. The lowest BCUT2D eigenvalue weighted by Gasteiger charge is -2.32. The lowest BCUT2D eigenvalue weighted by atomic mass is 9.95. The highest BCUT2D eigenvalue weighted by Crippen LogP contribution is 2.31. The standard InChI is InChI=1S/C18H17F2N3O3/c19-13-5-6-15(14(20)11-13)21-18(24)12-7-9-22(10-8-12)16-3-1-2-4-17(16)23(25)26/h1-6,11-12H,7-10H2,(H,21,24). The Bertz CT molecular complexity index is 836. The summed E-state index contributed by atoms with van der Waals surface area (Å²) in [5.41, 5.74) is 0.502. The van der Waals surface area contributed by atoms with Gasteiger partial charge in [0.15, 0.2) is 0 Å². The van der Waals surface area contributed by atoms with Gasteiger partial charge in [0.1, 0.15) is 17.3 Å². The molecule has 0 bridgehead atoms. The Morgan fingerprint density at radius 1 is 1.15 bits per heavy atom. The number of nitro groups is 1. The Hall–Kier alpha value is -3.03. The molecule has 0 radical (unpaired) electrons. The van der Waals surface area contributed by atoms with Gasteiger partial charge in [-0.05, 0) is 31.0 Å². The number of benzene rings is 2. The van der Waals surface area contributed by atoms with Crippen molar-refractivity contribution in [2.45, 2.75) is 12.8 Å². The molecular weight excluding hydrogens is 344 g/mol. The molecule has 1 saturated heterocycles. The zero-order valence-electron chi connectivity index (χ0n) is 13.8. The summed E-state index contributed by atoms with van der Waals surface area (Å²) in [6.45, 7) is 0.962. The predicted molar refractivity (Wildman–Crippen MR) is 93.0 cm³/mol. The van der Waals surface area contributed by atoms with Crippen molar-refractivity contribution in [1.82, 2.24) is 0 Å². The van der Waals surface area contributed by atoms with Crippen LogP contribution >= 0.6 is 0 Å². The van der Waals surface area contributed by atoms with E-state index >= 15 is 0 Å². The number of nitrogens with one attached hydrogen (secondary N) is 1. The first-order valence-corrected chi connectivity index (χ1v) is 8.20. The molecule has 1 N–H and O–H groups in total. The van der Waals surface area contributed by atoms with Crippen LogP contribution in [0.1, 0.15) is 12.8 Å². The van der Waals surface area contributed by atoms with Crippen LogP contribution in [0.5, 0.6) is 0 Å². The summed E-state index contributed by atoms with van der Waals surface area (Å²) in [6.07, 6.45) is 0.974. The van der Waals surface area contributed by atoms with Crippen molar-refractivity contribution in [2.75, 3.05) is 23.3 Å². The number of nitrogens with zero attached hydrogens (tertiary/aromatic N) is 2. The maximum Gasteiger partial charge on any atom is 0.292 e. The summed E-state index contributed by atoms with van der Waals surface area (Å²) in [6, 6.07) is 9.46. The average molecular weight is 361 g/mol. The highest BCUT2D eigenvalue weighted by molar-refractivity contribution is 5.92. The number of carbonyl (C=O) groups is 1. The van der Waals surface area contributed by atoms with Crippen LogP contribution in [0.4, 0.5) is 25.8 Å². The first-order chi connectivity index (χ1) is 12.5. The summed E-state index contributed by atoms with van der Waals surface area (Å²) in [5, 5.41) is 13.6. The quantitative estimate of drug-likeness (QED) is 0.665. The smallest absolute Gasteiger partial charge is 0.292 e. The van der Waals surface area contributed by atoms with E-state index in [9.17, 15) is 23.7 Å². The second-order valence-electron chi connectivity index (χ2n) is 6.12. The van der Waals surface area contributed by atoms with Crippen molar-refractivity contribution in [1.29, 1.82) is 0 Å². The van der Waals surface area contributed by atoms with Gasteiger partial charge in [0.25, 0.3) is 5.69 Å². The molecule has 0 atom stereocenters. The van der Waals surface area contributed by atoms with E-state index in [2.05, 4.69) is 5.32 Å². The number of para-hydroxylation sites is 2. The number of nitro benzene ring substituents is 1. The van der Waals surface area contributed by atoms with Crippen molar-refractivity contribution >= 4 is 23.0 Å². The minimum absolute atomic E-state index is 0.0313. The molecule has 0 aliphatic carbocycles. The highest BCUT2D eigenvalue weighted by atomic mass is 19.1. The Kier molecular flexibility index (Phi) is 5.11. The van der Waals surface area contributed by atoms with Crippen molar-refractivity contribution in [3.05, 3.63) is 64.2 Å². The van der Waals surface area contributed by atoms with E-state index in [4.69, 9.17) is 0 Å². The van der Waals surface area contributed by atoms with E-state index in [0.717, 1.165) is 6.07 Å². The van der Waals surface area contributed by atoms with Crippen LogP contribution in [0.2, 0.25) is 0 Å². The Balaban J connectivity index is 1.63. The fourth-order valence-corrected chi connectivity index (χ4v) is 3.09. The number of hydrogen-bond donors (Lipinski definition) is 1. The van der Waals surface area contributed by atoms with Crippen LogP contribution in [-0.4, -0.2) is 23.9 Å². The van der Waals surface area contributed by atoms with E-state index in [1.807, 2.05) is 4.90 Å². The molecule has 0 spiro atoms. The summed E-state index contributed by atoms with van der Waals surface area (Å²) in [5.74, 6) is -2.20. The molecule has 2 aromatic rings. The van der Waals surface area contributed by atoms with Crippen molar-refractivity contribution in [3.63, 3.8) is 0 Å². The Morgan fingerprint density at radius 2 is 1.85 bits per heavy atom. The van der Waals surface area contributed by atoms with Crippen molar-refractivity contribution in [3.8, 4) is 0 Å². The SMILES string of the molecule is O=C(Nc1ccc(F)cc1F)C1CCN(c2ccccc2[N+](=O)[O-])CC1. The van der Waals surface area contributed by atoms with Crippen molar-refractivity contribution < 1.29 is 18.5 Å². The predicted octanol–water partition coefficient (Wildman–Crippen LogP) is 3.73. The minimum atomic E-state index is -0.823. The first-order valence-electron chi connectivity index (χ1n) is 8.20. The normalized spacial score (nSPS) is 14.9. The number of anilines is 2. The third-order valence-corrected chi connectivity index (χ3v) is 4.47.